The van der Waals surface area contributed by atoms with Crippen LogP contribution in [-0.2, 0) is 19.3 Å². The second-order valence-electron chi connectivity index (χ2n) is 4.92. The Morgan fingerprint density at radius 3 is 2.67 bits per heavy atom. The van der Waals surface area contributed by atoms with Crippen molar-refractivity contribution in [2.45, 2.75) is 32.1 Å². The Hall–Kier alpha value is -1.61. The van der Waals surface area contributed by atoms with Crippen LogP contribution in [0.2, 0.25) is 0 Å². The Bertz CT molecular complexity index is 525. The zero-order chi connectivity index (χ0) is 12.4. The Kier molecular flexibility index (Phi) is 3.15. The third-order valence-electron chi connectivity index (χ3n) is 3.68. The van der Waals surface area contributed by atoms with Crippen LogP contribution in [0.25, 0.3) is 5.69 Å². The van der Waals surface area contributed by atoms with Crippen LogP contribution in [0.15, 0.2) is 30.6 Å². The molecule has 0 atom stereocenters. The molecule has 0 saturated carbocycles. The largest absolute Gasteiger partial charge is 0.330 e. The lowest BCUT2D eigenvalue weighted by Crippen LogP contribution is -2.07. The van der Waals surface area contributed by atoms with E-state index in [9.17, 15) is 0 Å². The fourth-order valence-corrected chi connectivity index (χ4v) is 2.68. The van der Waals surface area contributed by atoms with Gasteiger partial charge in [-0.1, -0.05) is 12.1 Å². The van der Waals surface area contributed by atoms with Gasteiger partial charge in [0.15, 0.2) is 0 Å². The molecule has 0 bridgehead atoms. The average Bonchev–Trinajstić information content (AvgIpc) is 2.84. The van der Waals surface area contributed by atoms with Gasteiger partial charge in [-0.15, -0.1) is 0 Å². The highest BCUT2D eigenvalue weighted by atomic mass is 15.1. The van der Waals surface area contributed by atoms with E-state index in [4.69, 9.17) is 5.73 Å². The number of hydrogen-bond donors (Lipinski definition) is 1. The molecule has 0 fully saturated rings. The number of rotatable bonds is 3. The van der Waals surface area contributed by atoms with Gasteiger partial charge in [0.25, 0.3) is 0 Å². The predicted octanol–water partition coefficient (Wildman–Crippen LogP) is 2.25. The Morgan fingerprint density at radius 2 is 1.89 bits per heavy atom. The van der Waals surface area contributed by atoms with Crippen molar-refractivity contribution in [3.8, 4) is 5.69 Å². The summed E-state index contributed by atoms with van der Waals surface area (Å²) in [6, 6.07) is 8.66. The van der Waals surface area contributed by atoms with Gasteiger partial charge in [-0.05, 0) is 56.3 Å². The van der Waals surface area contributed by atoms with Gasteiger partial charge in [0, 0.05) is 11.4 Å². The minimum absolute atomic E-state index is 0.708. The molecule has 94 valence electrons. The molecule has 0 spiro atoms. The Balaban J connectivity index is 1.92. The summed E-state index contributed by atoms with van der Waals surface area (Å²) in [6.07, 6.45) is 7.76. The highest BCUT2D eigenvalue weighted by molar-refractivity contribution is 5.38. The number of aryl methyl sites for hydroxylation is 1. The number of nitrogens with zero attached hydrogens (tertiary/aromatic N) is 2. The van der Waals surface area contributed by atoms with E-state index in [-0.39, 0.29) is 0 Å². The van der Waals surface area contributed by atoms with Gasteiger partial charge in [-0.25, -0.2) is 4.98 Å². The van der Waals surface area contributed by atoms with Gasteiger partial charge >= 0.3 is 0 Å². The first-order valence-corrected chi connectivity index (χ1v) is 6.73. The third kappa shape index (κ3) is 2.06. The van der Waals surface area contributed by atoms with E-state index in [1.807, 2.05) is 6.33 Å². The summed E-state index contributed by atoms with van der Waals surface area (Å²) in [6.45, 7) is 0.708. The molecule has 0 amide bonds. The molecule has 0 aliphatic heterocycles. The highest BCUT2D eigenvalue weighted by Gasteiger charge is 2.15. The first-order chi connectivity index (χ1) is 8.88. The number of imidazole rings is 1. The van der Waals surface area contributed by atoms with E-state index >= 15 is 0 Å². The SMILES string of the molecule is NCCc1ccc(-n2cnc3c2CCCC3)cc1. The van der Waals surface area contributed by atoms with Crippen molar-refractivity contribution in [3.05, 3.63) is 47.5 Å². The minimum Gasteiger partial charge on any atom is -0.330 e. The van der Waals surface area contributed by atoms with Crippen LogP contribution in [0.3, 0.4) is 0 Å². The molecular formula is C15H19N3. The zero-order valence-electron chi connectivity index (χ0n) is 10.6. The van der Waals surface area contributed by atoms with Gasteiger partial charge in [-0.2, -0.15) is 0 Å². The molecule has 3 rings (SSSR count). The van der Waals surface area contributed by atoms with E-state index in [1.165, 1.54) is 35.5 Å². The summed E-state index contributed by atoms with van der Waals surface area (Å²) in [5.41, 5.74) is 10.8. The van der Waals surface area contributed by atoms with Crippen molar-refractivity contribution in [2.24, 2.45) is 5.73 Å². The smallest absolute Gasteiger partial charge is 0.0997 e. The molecule has 3 heteroatoms. The van der Waals surface area contributed by atoms with E-state index < -0.39 is 0 Å². The van der Waals surface area contributed by atoms with E-state index in [2.05, 4.69) is 33.8 Å². The maximum absolute atomic E-state index is 5.57. The molecule has 18 heavy (non-hydrogen) atoms. The number of nitrogens with two attached hydrogens (primary N) is 1. The molecule has 1 aromatic heterocycles. The number of benzene rings is 1. The summed E-state index contributed by atoms with van der Waals surface area (Å²) in [5, 5.41) is 0. The number of hydrogen-bond acceptors (Lipinski definition) is 2. The summed E-state index contributed by atoms with van der Waals surface area (Å²) in [4.78, 5) is 4.53. The normalized spacial score (nSPS) is 14.5. The van der Waals surface area contributed by atoms with Crippen LogP contribution < -0.4 is 5.73 Å². The van der Waals surface area contributed by atoms with Crippen molar-refractivity contribution in [3.63, 3.8) is 0 Å². The zero-order valence-corrected chi connectivity index (χ0v) is 10.6. The van der Waals surface area contributed by atoms with E-state index in [1.54, 1.807) is 0 Å². The van der Waals surface area contributed by atoms with Crippen LogP contribution in [-0.4, -0.2) is 16.1 Å². The number of aromatic nitrogens is 2. The van der Waals surface area contributed by atoms with Crippen LogP contribution in [0.5, 0.6) is 0 Å². The summed E-state index contributed by atoms with van der Waals surface area (Å²) >= 11 is 0. The molecule has 1 aliphatic carbocycles. The molecular weight excluding hydrogens is 222 g/mol. The van der Waals surface area contributed by atoms with Crippen molar-refractivity contribution in [1.29, 1.82) is 0 Å². The molecule has 0 radical (unpaired) electrons. The lowest BCUT2D eigenvalue weighted by atomic mass is 10.0. The van der Waals surface area contributed by atoms with Crippen molar-refractivity contribution >= 4 is 0 Å². The average molecular weight is 241 g/mol. The quantitative estimate of drug-likeness (QED) is 0.895. The standard InChI is InChI=1S/C15H19N3/c16-10-9-12-5-7-13(8-6-12)18-11-17-14-3-1-2-4-15(14)18/h5-8,11H,1-4,9-10,16H2. The Labute approximate surface area is 108 Å². The Morgan fingerprint density at radius 1 is 1.11 bits per heavy atom. The highest BCUT2D eigenvalue weighted by Crippen LogP contribution is 2.23. The van der Waals surface area contributed by atoms with E-state index in [0.717, 1.165) is 19.3 Å². The van der Waals surface area contributed by atoms with Crippen molar-refractivity contribution in [2.75, 3.05) is 6.54 Å². The topological polar surface area (TPSA) is 43.8 Å². The second kappa shape index (κ2) is 4.94. The summed E-state index contributed by atoms with van der Waals surface area (Å²) < 4.78 is 2.24. The third-order valence-corrected chi connectivity index (χ3v) is 3.68. The van der Waals surface area contributed by atoms with Crippen LogP contribution in [0.4, 0.5) is 0 Å². The fourth-order valence-electron chi connectivity index (χ4n) is 2.68. The summed E-state index contributed by atoms with van der Waals surface area (Å²) in [7, 11) is 0. The fraction of sp³-hybridized carbons (Fsp3) is 0.400. The minimum atomic E-state index is 0.708. The van der Waals surface area contributed by atoms with Crippen molar-refractivity contribution < 1.29 is 0 Å². The molecule has 2 N–H and O–H groups in total. The van der Waals surface area contributed by atoms with Crippen LogP contribution in [0.1, 0.15) is 29.8 Å². The molecule has 2 aromatic rings. The van der Waals surface area contributed by atoms with Gasteiger partial charge in [0.1, 0.15) is 0 Å². The van der Waals surface area contributed by atoms with Gasteiger partial charge in [-0.3, -0.25) is 0 Å². The van der Waals surface area contributed by atoms with Gasteiger partial charge in [0.05, 0.1) is 12.0 Å². The molecule has 3 nitrogen and oxygen atoms in total. The lowest BCUT2D eigenvalue weighted by molar-refractivity contribution is 0.656. The van der Waals surface area contributed by atoms with Crippen LogP contribution >= 0.6 is 0 Å². The van der Waals surface area contributed by atoms with E-state index in [0.29, 0.717) is 6.54 Å². The first kappa shape index (κ1) is 11.5. The number of fused-ring (bicyclic) bond motifs is 1. The van der Waals surface area contributed by atoms with Crippen LogP contribution in [0, 0.1) is 0 Å². The monoisotopic (exact) mass is 241 g/mol. The first-order valence-electron chi connectivity index (χ1n) is 6.73. The maximum Gasteiger partial charge on any atom is 0.0997 e. The molecule has 0 unspecified atom stereocenters. The molecule has 0 saturated heterocycles. The van der Waals surface area contributed by atoms with Gasteiger partial charge in [0.2, 0.25) is 0 Å². The lowest BCUT2D eigenvalue weighted by Gasteiger charge is -2.14. The maximum atomic E-state index is 5.57. The molecule has 1 heterocycles. The van der Waals surface area contributed by atoms with Crippen molar-refractivity contribution in [1.82, 2.24) is 9.55 Å². The summed E-state index contributed by atoms with van der Waals surface area (Å²) in [5.74, 6) is 0. The second-order valence-corrected chi connectivity index (χ2v) is 4.92. The predicted molar refractivity (Wildman–Crippen MR) is 73.0 cm³/mol. The molecule has 1 aliphatic rings. The molecule has 1 aromatic carbocycles. The van der Waals surface area contributed by atoms with Gasteiger partial charge < -0.3 is 10.3 Å².